The molecule has 1 aliphatic rings. The molecule has 8 heteroatoms. The number of hydrogen-bond acceptors (Lipinski definition) is 5. The number of hydrogen-bond donors (Lipinski definition) is 3. The predicted molar refractivity (Wildman–Crippen MR) is 136 cm³/mol. The summed E-state index contributed by atoms with van der Waals surface area (Å²) in [5.74, 6) is 0.276. The second-order valence-electron chi connectivity index (χ2n) is 8.70. The van der Waals surface area contributed by atoms with Gasteiger partial charge in [0.1, 0.15) is 0 Å². The van der Waals surface area contributed by atoms with Crippen LogP contribution >= 0.6 is 11.6 Å². The van der Waals surface area contributed by atoms with E-state index in [-0.39, 0.29) is 18.0 Å². The Bertz CT molecular complexity index is 1280. The van der Waals surface area contributed by atoms with Crippen LogP contribution < -0.4 is 11.1 Å². The van der Waals surface area contributed by atoms with Gasteiger partial charge in [-0.05, 0) is 30.9 Å². The van der Waals surface area contributed by atoms with Crippen molar-refractivity contribution in [2.45, 2.75) is 31.3 Å². The van der Waals surface area contributed by atoms with Crippen molar-refractivity contribution in [2.24, 2.45) is 5.73 Å². The molecule has 0 saturated carbocycles. The molecule has 1 unspecified atom stereocenters. The number of benzene rings is 2. The van der Waals surface area contributed by atoms with Crippen molar-refractivity contribution in [1.29, 1.82) is 0 Å². The lowest BCUT2D eigenvalue weighted by atomic mass is 9.99. The number of nitrogens with one attached hydrogen (secondary N) is 2. The number of carbonyl (C=O) groups is 1. The van der Waals surface area contributed by atoms with Crippen molar-refractivity contribution in [3.05, 3.63) is 77.6 Å². The van der Waals surface area contributed by atoms with Crippen LogP contribution in [0.1, 0.15) is 18.4 Å². The van der Waals surface area contributed by atoms with Gasteiger partial charge < -0.3 is 16.0 Å². The predicted octanol–water partition coefficient (Wildman–Crippen LogP) is 4.25. The largest absolute Gasteiger partial charge is 0.368 e. The molecule has 1 aliphatic heterocycles. The maximum Gasteiger partial charge on any atom is 0.235 e. The molecule has 1 amide bonds. The third kappa shape index (κ3) is 4.76. The van der Waals surface area contributed by atoms with Gasteiger partial charge in [-0.1, -0.05) is 60.1 Å². The fraction of sp³-hybridized carbons (Fsp3) is 0.269. The molecule has 2 aromatic heterocycles. The van der Waals surface area contributed by atoms with Gasteiger partial charge in [-0.25, -0.2) is 9.97 Å². The fourth-order valence-corrected chi connectivity index (χ4v) is 4.87. The van der Waals surface area contributed by atoms with Crippen LogP contribution in [0.15, 0.2) is 67.0 Å². The number of nitrogens with two attached hydrogens (primary N) is 1. The highest BCUT2D eigenvalue weighted by atomic mass is 35.5. The van der Waals surface area contributed by atoms with Gasteiger partial charge in [0.15, 0.2) is 0 Å². The van der Waals surface area contributed by atoms with Gasteiger partial charge in [0.05, 0.1) is 23.0 Å². The Morgan fingerprint density at radius 1 is 1.15 bits per heavy atom. The number of fused-ring (bicyclic) bond motifs is 1. The van der Waals surface area contributed by atoms with Gasteiger partial charge in [0.25, 0.3) is 0 Å². The number of nitrogens with zero attached hydrogens (tertiary/aromatic N) is 3. The highest BCUT2D eigenvalue weighted by Crippen LogP contribution is 2.32. The van der Waals surface area contributed by atoms with Crippen molar-refractivity contribution in [3.63, 3.8) is 0 Å². The van der Waals surface area contributed by atoms with Gasteiger partial charge in [0.2, 0.25) is 11.9 Å². The molecular weight excluding hydrogens is 448 g/mol. The van der Waals surface area contributed by atoms with E-state index in [4.69, 9.17) is 22.3 Å². The number of anilines is 1. The van der Waals surface area contributed by atoms with Crippen molar-refractivity contribution >= 4 is 34.4 Å². The van der Waals surface area contributed by atoms with E-state index in [1.807, 2.05) is 60.8 Å². The van der Waals surface area contributed by atoms with Gasteiger partial charge in [-0.15, -0.1) is 0 Å². The first-order valence-corrected chi connectivity index (χ1v) is 11.9. The summed E-state index contributed by atoms with van der Waals surface area (Å²) in [5, 5.41) is 5.04. The van der Waals surface area contributed by atoms with Crippen LogP contribution in [-0.2, 0) is 11.2 Å². The fourth-order valence-electron chi connectivity index (χ4n) is 4.68. The summed E-state index contributed by atoms with van der Waals surface area (Å²) in [5.41, 5.74) is 9.56. The molecule has 1 saturated heterocycles. The van der Waals surface area contributed by atoms with Crippen LogP contribution in [0.2, 0.25) is 5.02 Å². The van der Waals surface area contributed by atoms with Crippen LogP contribution in [0.4, 0.5) is 5.95 Å². The van der Waals surface area contributed by atoms with Crippen molar-refractivity contribution in [2.75, 3.05) is 18.4 Å². The molecule has 1 fully saturated rings. The molecule has 5 rings (SSSR count). The second-order valence-corrected chi connectivity index (χ2v) is 9.11. The Morgan fingerprint density at radius 3 is 2.65 bits per heavy atom. The Kier molecular flexibility index (Phi) is 6.47. The smallest absolute Gasteiger partial charge is 0.235 e. The van der Waals surface area contributed by atoms with E-state index < -0.39 is 0 Å². The number of likely N-dealkylation sites (tertiary alicyclic amines) is 1. The van der Waals surface area contributed by atoms with Crippen LogP contribution in [-0.4, -0.2) is 50.9 Å². The molecule has 0 radical (unpaired) electrons. The quantitative estimate of drug-likeness (QED) is 0.372. The maximum atomic E-state index is 12.2. The zero-order valence-corrected chi connectivity index (χ0v) is 19.5. The molecule has 0 spiro atoms. The highest BCUT2D eigenvalue weighted by molar-refractivity contribution is 6.33. The minimum Gasteiger partial charge on any atom is -0.368 e. The van der Waals surface area contributed by atoms with Crippen LogP contribution in [0.5, 0.6) is 0 Å². The molecule has 0 bridgehead atoms. The summed E-state index contributed by atoms with van der Waals surface area (Å²) in [4.78, 5) is 26.8. The molecule has 4 N–H and O–H groups in total. The third-order valence-electron chi connectivity index (χ3n) is 6.49. The van der Waals surface area contributed by atoms with Crippen LogP contribution in [0.25, 0.3) is 22.2 Å². The van der Waals surface area contributed by atoms with Gasteiger partial charge in [-0.3, -0.25) is 9.69 Å². The number of H-pyrrole nitrogens is 1. The van der Waals surface area contributed by atoms with Crippen LogP contribution in [0.3, 0.4) is 0 Å². The molecule has 2 aromatic carbocycles. The lowest BCUT2D eigenvalue weighted by Gasteiger charge is -2.36. The number of halogens is 1. The Hall–Kier alpha value is -3.42. The van der Waals surface area contributed by atoms with Crippen molar-refractivity contribution < 1.29 is 4.79 Å². The number of aromatic amines is 1. The molecule has 3 heterocycles. The SMILES string of the molecule is NC(=O)C(Cc1ccccc1)N1CCC(Nc2ncc(Cl)c(-c3c[nH]c4ccccc34)n2)CC1. The molecule has 7 nitrogen and oxygen atoms in total. The Labute approximate surface area is 203 Å². The van der Waals surface area contributed by atoms with E-state index in [1.165, 1.54) is 0 Å². The number of piperidine rings is 1. The summed E-state index contributed by atoms with van der Waals surface area (Å²) in [6.07, 6.45) is 5.94. The van der Waals surface area contributed by atoms with E-state index in [0.29, 0.717) is 23.1 Å². The van der Waals surface area contributed by atoms with Gasteiger partial charge >= 0.3 is 0 Å². The number of primary amides is 1. The Balaban J connectivity index is 1.26. The monoisotopic (exact) mass is 474 g/mol. The lowest BCUT2D eigenvalue weighted by Crippen LogP contribution is -2.51. The Morgan fingerprint density at radius 2 is 1.88 bits per heavy atom. The van der Waals surface area contributed by atoms with E-state index in [1.54, 1.807) is 6.20 Å². The molecular formula is C26H27ClN6O. The molecule has 4 aromatic rings. The third-order valence-corrected chi connectivity index (χ3v) is 6.77. The number of para-hydroxylation sites is 1. The summed E-state index contributed by atoms with van der Waals surface area (Å²) in [7, 11) is 0. The van der Waals surface area contributed by atoms with Crippen molar-refractivity contribution in [1.82, 2.24) is 19.9 Å². The summed E-state index contributed by atoms with van der Waals surface area (Å²) >= 11 is 6.46. The molecule has 34 heavy (non-hydrogen) atoms. The molecule has 0 aliphatic carbocycles. The zero-order valence-electron chi connectivity index (χ0n) is 18.7. The maximum absolute atomic E-state index is 12.2. The minimum atomic E-state index is -0.302. The minimum absolute atomic E-state index is 0.207. The first-order valence-electron chi connectivity index (χ1n) is 11.5. The number of carbonyl (C=O) groups excluding carboxylic acids is 1. The second kappa shape index (κ2) is 9.83. The van der Waals surface area contributed by atoms with E-state index in [2.05, 4.69) is 20.2 Å². The van der Waals surface area contributed by atoms with E-state index >= 15 is 0 Å². The number of amides is 1. The van der Waals surface area contributed by atoms with E-state index in [9.17, 15) is 4.79 Å². The van der Waals surface area contributed by atoms with Crippen LogP contribution in [0, 0.1) is 0 Å². The van der Waals surface area contributed by atoms with Gasteiger partial charge in [-0.2, -0.15) is 0 Å². The lowest BCUT2D eigenvalue weighted by molar-refractivity contribution is -0.123. The highest BCUT2D eigenvalue weighted by Gasteiger charge is 2.29. The van der Waals surface area contributed by atoms with Gasteiger partial charge in [0, 0.05) is 41.8 Å². The first-order chi connectivity index (χ1) is 16.6. The van der Waals surface area contributed by atoms with Crippen molar-refractivity contribution in [3.8, 4) is 11.3 Å². The number of rotatable bonds is 7. The summed E-state index contributed by atoms with van der Waals surface area (Å²) < 4.78 is 0. The van der Waals surface area contributed by atoms with E-state index in [0.717, 1.165) is 48.0 Å². The standard InChI is InChI=1S/C26H27ClN6O/c27-21-16-30-26(32-24(21)20-15-29-22-9-5-4-8-19(20)22)31-18-10-12-33(13-11-18)23(25(28)34)14-17-6-2-1-3-7-17/h1-9,15-16,18,23,29H,10-14H2,(H2,28,34)(H,30,31,32). The normalized spacial score (nSPS) is 15.9. The summed E-state index contributed by atoms with van der Waals surface area (Å²) in [6.45, 7) is 1.56. The zero-order chi connectivity index (χ0) is 23.5. The number of aromatic nitrogens is 3. The topological polar surface area (TPSA) is 99.9 Å². The average Bonchev–Trinajstić information content (AvgIpc) is 3.29. The molecule has 1 atom stereocenters. The molecule has 174 valence electrons. The average molecular weight is 475 g/mol. The summed E-state index contributed by atoms with van der Waals surface area (Å²) in [6, 6.07) is 18.0. The first kappa shape index (κ1) is 22.4.